The second-order valence-electron chi connectivity index (χ2n) is 5.35. The van der Waals surface area contributed by atoms with Crippen LogP contribution in [0, 0.1) is 0 Å². The summed E-state index contributed by atoms with van der Waals surface area (Å²) in [5, 5.41) is 5.91. The van der Waals surface area contributed by atoms with E-state index in [0.717, 1.165) is 24.3 Å². The number of benzene rings is 2. The quantitative estimate of drug-likeness (QED) is 0.899. The molecule has 1 atom stereocenters. The van der Waals surface area contributed by atoms with Crippen LogP contribution in [0.1, 0.15) is 30.5 Å². The molecule has 4 heteroatoms. The summed E-state index contributed by atoms with van der Waals surface area (Å²) in [5.74, 6) is 0.756. The van der Waals surface area contributed by atoms with Crippen molar-refractivity contribution in [2.75, 3.05) is 11.9 Å². The Hall–Kier alpha value is -2.49. The number of aryl methyl sites for hydroxylation is 1. The van der Waals surface area contributed by atoms with Crippen LogP contribution in [-0.4, -0.2) is 12.6 Å². The Kier molecular flexibility index (Phi) is 4.28. The largest absolute Gasteiger partial charge is 0.494 e. The number of hydrogen-bond donors (Lipinski definition) is 2. The van der Waals surface area contributed by atoms with Crippen molar-refractivity contribution >= 4 is 11.7 Å². The summed E-state index contributed by atoms with van der Waals surface area (Å²) >= 11 is 0. The average Bonchev–Trinajstić information content (AvgIpc) is 2.91. The predicted octanol–water partition coefficient (Wildman–Crippen LogP) is 3.89. The Morgan fingerprint density at radius 3 is 2.95 bits per heavy atom. The first-order valence-electron chi connectivity index (χ1n) is 7.64. The maximum absolute atomic E-state index is 12.2. The number of nitrogens with one attached hydrogen (secondary N) is 2. The molecule has 4 nitrogen and oxygen atoms in total. The lowest BCUT2D eigenvalue weighted by atomic mass is 10.1. The van der Waals surface area contributed by atoms with E-state index in [0.29, 0.717) is 6.61 Å². The molecular formula is C18H20N2O2. The number of anilines is 1. The van der Waals surface area contributed by atoms with E-state index >= 15 is 0 Å². The van der Waals surface area contributed by atoms with Crippen molar-refractivity contribution in [2.24, 2.45) is 0 Å². The van der Waals surface area contributed by atoms with Gasteiger partial charge < -0.3 is 15.4 Å². The first kappa shape index (κ1) is 14.4. The van der Waals surface area contributed by atoms with Crippen molar-refractivity contribution < 1.29 is 9.53 Å². The van der Waals surface area contributed by atoms with Crippen LogP contribution in [0.2, 0.25) is 0 Å². The number of amides is 2. The summed E-state index contributed by atoms with van der Waals surface area (Å²) < 4.78 is 5.44. The minimum atomic E-state index is -0.185. The van der Waals surface area contributed by atoms with E-state index < -0.39 is 0 Å². The molecule has 1 aliphatic carbocycles. The third-order valence-electron chi connectivity index (χ3n) is 3.84. The van der Waals surface area contributed by atoms with Crippen LogP contribution in [0.25, 0.3) is 0 Å². The minimum Gasteiger partial charge on any atom is -0.494 e. The van der Waals surface area contributed by atoms with Crippen LogP contribution in [0.5, 0.6) is 5.75 Å². The molecule has 2 amide bonds. The van der Waals surface area contributed by atoms with Gasteiger partial charge in [0.05, 0.1) is 12.6 Å². The van der Waals surface area contributed by atoms with E-state index in [1.165, 1.54) is 11.1 Å². The molecule has 2 aromatic carbocycles. The molecule has 0 radical (unpaired) electrons. The van der Waals surface area contributed by atoms with E-state index in [4.69, 9.17) is 4.74 Å². The monoisotopic (exact) mass is 296 g/mol. The topological polar surface area (TPSA) is 50.4 Å². The number of carbonyl (C=O) groups excluding carboxylic acids is 1. The number of ether oxygens (including phenoxy) is 1. The van der Waals surface area contributed by atoms with Crippen molar-refractivity contribution in [1.29, 1.82) is 0 Å². The Balaban J connectivity index is 1.63. The molecule has 2 aromatic rings. The summed E-state index contributed by atoms with van der Waals surface area (Å²) in [5.41, 5.74) is 3.28. The van der Waals surface area contributed by atoms with Gasteiger partial charge in [0.1, 0.15) is 5.75 Å². The molecule has 114 valence electrons. The molecule has 0 saturated carbocycles. The van der Waals surface area contributed by atoms with Crippen molar-refractivity contribution in [3.05, 3.63) is 59.7 Å². The second-order valence-corrected chi connectivity index (χ2v) is 5.35. The summed E-state index contributed by atoms with van der Waals surface area (Å²) in [6.45, 7) is 2.54. The van der Waals surface area contributed by atoms with E-state index in [1.807, 2.05) is 43.3 Å². The van der Waals surface area contributed by atoms with E-state index in [9.17, 15) is 4.79 Å². The molecule has 0 spiro atoms. The lowest BCUT2D eigenvalue weighted by Gasteiger charge is -2.15. The fourth-order valence-corrected chi connectivity index (χ4v) is 2.86. The van der Waals surface area contributed by atoms with Crippen LogP contribution in [0.3, 0.4) is 0 Å². The van der Waals surface area contributed by atoms with Crippen LogP contribution in [0.4, 0.5) is 10.5 Å². The normalized spacial score (nSPS) is 16.0. The summed E-state index contributed by atoms with van der Waals surface area (Å²) in [6.07, 6.45) is 1.96. The maximum Gasteiger partial charge on any atom is 0.319 e. The molecule has 0 aliphatic heterocycles. The zero-order chi connectivity index (χ0) is 15.4. The van der Waals surface area contributed by atoms with Crippen molar-refractivity contribution in [3.63, 3.8) is 0 Å². The Bertz CT molecular complexity index is 670. The van der Waals surface area contributed by atoms with Gasteiger partial charge >= 0.3 is 6.03 Å². The summed E-state index contributed by atoms with van der Waals surface area (Å²) in [6, 6.07) is 15.6. The smallest absolute Gasteiger partial charge is 0.319 e. The average molecular weight is 296 g/mol. The van der Waals surface area contributed by atoms with Crippen LogP contribution < -0.4 is 15.4 Å². The molecule has 3 rings (SSSR count). The van der Waals surface area contributed by atoms with Crippen LogP contribution in [-0.2, 0) is 6.42 Å². The highest BCUT2D eigenvalue weighted by molar-refractivity contribution is 5.89. The van der Waals surface area contributed by atoms with E-state index in [1.54, 1.807) is 0 Å². The Morgan fingerprint density at radius 1 is 1.23 bits per heavy atom. The van der Waals surface area contributed by atoms with E-state index in [-0.39, 0.29) is 12.1 Å². The zero-order valence-electron chi connectivity index (χ0n) is 12.6. The van der Waals surface area contributed by atoms with Crippen molar-refractivity contribution in [3.8, 4) is 5.75 Å². The molecule has 22 heavy (non-hydrogen) atoms. The van der Waals surface area contributed by atoms with Gasteiger partial charge in [-0.15, -0.1) is 0 Å². The Labute approximate surface area is 130 Å². The van der Waals surface area contributed by atoms with Gasteiger partial charge in [-0.25, -0.2) is 4.79 Å². The lowest BCUT2D eigenvalue weighted by molar-refractivity contribution is 0.248. The van der Waals surface area contributed by atoms with Crippen molar-refractivity contribution in [1.82, 2.24) is 5.32 Å². The minimum absolute atomic E-state index is 0.0891. The van der Waals surface area contributed by atoms with Gasteiger partial charge in [-0.1, -0.05) is 30.3 Å². The van der Waals surface area contributed by atoms with E-state index in [2.05, 4.69) is 22.8 Å². The van der Waals surface area contributed by atoms with Gasteiger partial charge in [0.25, 0.3) is 0 Å². The zero-order valence-corrected chi connectivity index (χ0v) is 12.6. The first-order valence-corrected chi connectivity index (χ1v) is 7.64. The molecule has 0 fully saturated rings. The van der Waals surface area contributed by atoms with Gasteiger partial charge in [0.2, 0.25) is 0 Å². The maximum atomic E-state index is 12.2. The van der Waals surface area contributed by atoms with Gasteiger partial charge in [-0.05, 0) is 43.0 Å². The fraction of sp³-hybridized carbons (Fsp3) is 0.278. The summed E-state index contributed by atoms with van der Waals surface area (Å²) in [4.78, 5) is 12.2. The number of fused-ring (bicyclic) bond motifs is 1. The van der Waals surface area contributed by atoms with Gasteiger partial charge in [-0.3, -0.25) is 0 Å². The van der Waals surface area contributed by atoms with Crippen molar-refractivity contribution in [2.45, 2.75) is 25.8 Å². The second kappa shape index (κ2) is 6.52. The lowest BCUT2D eigenvalue weighted by Crippen LogP contribution is -2.31. The number of carbonyl (C=O) groups is 1. The third-order valence-corrected chi connectivity index (χ3v) is 3.84. The van der Waals surface area contributed by atoms with Gasteiger partial charge in [0, 0.05) is 11.8 Å². The standard InChI is InChI=1S/C18H20N2O2/c1-2-22-15-8-5-7-14(12-15)19-18(21)20-17-11-10-13-6-3-4-9-16(13)17/h3-9,12,17H,2,10-11H2,1H3,(H2,19,20,21). The molecule has 0 bridgehead atoms. The van der Waals surface area contributed by atoms with Crippen LogP contribution in [0.15, 0.2) is 48.5 Å². The molecule has 1 unspecified atom stereocenters. The number of rotatable bonds is 4. The number of hydrogen-bond acceptors (Lipinski definition) is 2. The summed E-state index contributed by atoms with van der Waals surface area (Å²) in [7, 11) is 0. The predicted molar refractivity (Wildman–Crippen MR) is 87.3 cm³/mol. The molecule has 2 N–H and O–H groups in total. The highest BCUT2D eigenvalue weighted by Gasteiger charge is 2.23. The molecule has 0 saturated heterocycles. The highest BCUT2D eigenvalue weighted by atomic mass is 16.5. The molecule has 0 aromatic heterocycles. The highest BCUT2D eigenvalue weighted by Crippen LogP contribution is 2.30. The molecule has 0 heterocycles. The first-order chi connectivity index (χ1) is 10.8. The Morgan fingerprint density at radius 2 is 2.09 bits per heavy atom. The number of urea groups is 1. The SMILES string of the molecule is CCOc1cccc(NC(=O)NC2CCc3ccccc32)c1. The molecule has 1 aliphatic rings. The third kappa shape index (κ3) is 3.22. The molecular weight excluding hydrogens is 276 g/mol. The van der Waals surface area contributed by atoms with Crippen LogP contribution >= 0.6 is 0 Å². The van der Waals surface area contributed by atoms with Gasteiger partial charge in [-0.2, -0.15) is 0 Å². The van der Waals surface area contributed by atoms with Gasteiger partial charge in [0.15, 0.2) is 0 Å². The fourth-order valence-electron chi connectivity index (χ4n) is 2.86.